The second-order valence-corrected chi connectivity index (χ2v) is 7.45. The Morgan fingerprint density at radius 3 is 2.43 bits per heavy atom. The van der Waals surface area contributed by atoms with Crippen LogP contribution < -0.4 is 4.72 Å². The predicted octanol–water partition coefficient (Wildman–Crippen LogP) is 1.77. The van der Waals surface area contributed by atoms with Gasteiger partial charge in [-0.1, -0.05) is 23.7 Å². The van der Waals surface area contributed by atoms with Gasteiger partial charge in [-0.05, 0) is 37.5 Å². The molecule has 0 spiro atoms. The van der Waals surface area contributed by atoms with Crippen LogP contribution in [0.5, 0.6) is 0 Å². The van der Waals surface area contributed by atoms with E-state index in [0.29, 0.717) is 23.7 Å². The Labute approximate surface area is 130 Å². The third-order valence-electron chi connectivity index (χ3n) is 3.41. The molecule has 1 N–H and O–H groups in total. The van der Waals surface area contributed by atoms with E-state index in [1.54, 1.807) is 36.1 Å². The minimum atomic E-state index is -3.56. The minimum absolute atomic E-state index is 0.160. The summed E-state index contributed by atoms with van der Waals surface area (Å²) in [6.45, 7) is 3.00. The molecule has 116 valence electrons. The lowest BCUT2D eigenvalue weighted by molar-refractivity contribution is -0.131. The van der Waals surface area contributed by atoms with E-state index in [4.69, 9.17) is 11.6 Å². The van der Waals surface area contributed by atoms with E-state index in [9.17, 15) is 13.2 Å². The molecule has 7 heteroatoms. The molecule has 1 aliphatic heterocycles. The van der Waals surface area contributed by atoms with Crippen LogP contribution in [0.1, 0.15) is 25.3 Å². The molecule has 0 saturated carbocycles. The van der Waals surface area contributed by atoms with Crippen LogP contribution in [0.3, 0.4) is 0 Å². The first-order valence-electron chi connectivity index (χ1n) is 6.90. The Kier molecular flexibility index (Phi) is 5.24. The van der Waals surface area contributed by atoms with Crippen LogP contribution in [0, 0.1) is 0 Å². The van der Waals surface area contributed by atoms with Crippen LogP contribution in [0.15, 0.2) is 24.3 Å². The minimum Gasteiger partial charge on any atom is -0.341 e. The van der Waals surface area contributed by atoms with Gasteiger partial charge in [-0.2, -0.15) is 0 Å². The van der Waals surface area contributed by atoms with Gasteiger partial charge in [0, 0.05) is 18.1 Å². The molecule has 5 nitrogen and oxygen atoms in total. The normalized spacial score (nSPS) is 17.0. The summed E-state index contributed by atoms with van der Waals surface area (Å²) < 4.78 is 26.6. The predicted molar refractivity (Wildman–Crippen MR) is 82.5 cm³/mol. The number of carbonyl (C=O) groups excluding carboxylic acids is 1. The molecule has 0 bridgehead atoms. The standard InChI is InChI=1S/C14H19ClN2O3S/c1-11(14(18)17-8-2-3-9-17)16-21(19,20)10-12-4-6-13(15)7-5-12/h4-7,11,16H,2-3,8-10H2,1H3/t11-/m1/s1. The summed E-state index contributed by atoms with van der Waals surface area (Å²) >= 11 is 5.77. The van der Waals surface area contributed by atoms with Crippen molar-refractivity contribution in [1.82, 2.24) is 9.62 Å². The van der Waals surface area contributed by atoms with E-state index in [1.807, 2.05) is 0 Å². The van der Waals surface area contributed by atoms with Gasteiger partial charge < -0.3 is 4.90 Å². The van der Waals surface area contributed by atoms with Crippen molar-refractivity contribution in [3.63, 3.8) is 0 Å². The molecule has 1 aromatic rings. The van der Waals surface area contributed by atoms with Crippen LogP contribution >= 0.6 is 11.6 Å². The van der Waals surface area contributed by atoms with Crippen molar-refractivity contribution in [3.8, 4) is 0 Å². The third kappa shape index (κ3) is 4.69. The van der Waals surface area contributed by atoms with Gasteiger partial charge in [0.05, 0.1) is 11.8 Å². The van der Waals surface area contributed by atoms with E-state index in [-0.39, 0.29) is 11.7 Å². The lowest BCUT2D eigenvalue weighted by Gasteiger charge is -2.21. The number of benzene rings is 1. The molecule has 1 amide bonds. The molecular formula is C14H19ClN2O3S. The number of rotatable bonds is 5. The second kappa shape index (κ2) is 6.77. The van der Waals surface area contributed by atoms with Gasteiger partial charge in [0.1, 0.15) is 0 Å². The number of amides is 1. The Bertz CT molecular complexity index is 595. The molecule has 1 aromatic carbocycles. The maximum absolute atomic E-state index is 12.1. The Hall–Kier alpha value is -1.11. The van der Waals surface area contributed by atoms with Crippen LogP contribution in [0.25, 0.3) is 0 Å². The van der Waals surface area contributed by atoms with Crippen molar-refractivity contribution in [2.45, 2.75) is 31.6 Å². The first-order valence-corrected chi connectivity index (χ1v) is 8.94. The molecule has 21 heavy (non-hydrogen) atoms. The maximum atomic E-state index is 12.1. The van der Waals surface area contributed by atoms with Crippen molar-refractivity contribution >= 4 is 27.5 Å². The number of sulfonamides is 1. The van der Waals surface area contributed by atoms with Crippen LogP contribution in [-0.2, 0) is 20.6 Å². The maximum Gasteiger partial charge on any atom is 0.240 e. The van der Waals surface area contributed by atoms with Crippen LogP contribution in [0.2, 0.25) is 5.02 Å². The molecule has 0 aromatic heterocycles. The van der Waals surface area contributed by atoms with Crippen molar-refractivity contribution in [1.29, 1.82) is 0 Å². The largest absolute Gasteiger partial charge is 0.341 e. The van der Waals surface area contributed by atoms with Crippen molar-refractivity contribution in [2.75, 3.05) is 13.1 Å². The molecule has 1 fully saturated rings. The zero-order chi connectivity index (χ0) is 15.5. The first-order chi connectivity index (χ1) is 9.87. The van der Waals surface area contributed by atoms with Crippen LogP contribution in [0.4, 0.5) is 0 Å². The number of likely N-dealkylation sites (tertiary alicyclic amines) is 1. The molecule has 0 aliphatic carbocycles. The Morgan fingerprint density at radius 1 is 1.29 bits per heavy atom. The fourth-order valence-electron chi connectivity index (χ4n) is 2.37. The smallest absolute Gasteiger partial charge is 0.240 e. The summed E-state index contributed by atoms with van der Waals surface area (Å²) in [6, 6.07) is 5.87. The first kappa shape index (κ1) is 16.3. The van der Waals surface area contributed by atoms with E-state index in [2.05, 4.69) is 4.72 Å². The number of nitrogens with one attached hydrogen (secondary N) is 1. The van der Waals surface area contributed by atoms with Gasteiger partial charge in [0.2, 0.25) is 15.9 Å². The summed E-state index contributed by atoms with van der Waals surface area (Å²) in [4.78, 5) is 13.8. The second-order valence-electron chi connectivity index (χ2n) is 5.26. The van der Waals surface area contributed by atoms with Gasteiger partial charge in [0.15, 0.2) is 0 Å². The molecule has 1 aliphatic rings. The number of hydrogen-bond donors (Lipinski definition) is 1. The van der Waals surface area contributed by atoms with Gasteiger partial charge >= 0.3 is 0 Å². The van der Waals surface area contributed by atoms with Gasteiger partial charge in [-0.3, -0.25) is 4.79 Å². The van der Waals surface area contributed by atoms with Gasteiger partial charge in [-0.15, -0.1) is 0 Å². The van der Waals surface area contributed by atoms with E-state index in [1.165, 1.54) is 0 Å². The lowest BCUT2D eigenvalue weighted by atomic mass is 10.2. The summed E-state index contributed by atoms with van der Waals surface area (Å²) in [5.74, 6) is -0.325. The van der Waals surface area contributed by atoms with Gasteiger partial charge in [-0.25, -0.2) is 13.1 Å². The highest BCUT2D eigenvalue weighted by Crippen LogP contribution is 2.13. The zero-order valence-corrected chi connectivity index (χ0v) is 13.5. The third-order valence-corrected chi connectivity index (χ3v) is 5.09. The highest BCUT2D eigenvalue weighted by Gasteiger charge is 2.26. The number of nitrogens with zero attached hydrogens (tertiary/aromatic N) is 1. The van der Waals surface area contributed by atoms with E-state index < -0.39 is 16.1 Å². The summed E-state index contributed by atoms with van der Waals surface area (Å²) in [6.07, 6.45) is 1.96. The monoisotopic (exact) mass is 330 g/mol. The van der Waals surface area contributed by atoms with Crippen molar-refractivity contribution in [2.24, 2.45) is 0 Å². The molecule has 2 rings (SSSR count). The van der Waals surface area contributed by atoms with E-state index >= 15 is 0 Å². The fraction of sp³-hybridized carbons (Fsp3) is 0.500. The Morgan fingerprint density at radius 2 is 1.86 bits per heavy atom. The average molecular weight is 331 g/mol. The highest BCUT2D eigenvalue weighted by atomic mass is 35.5. The number of carbonyl (C=O) groups is 1. The summed E-state index contributed by atoms with van der Waals surface area (Å²) in [5.41, 5.74) is 0.632. The molecule has 1 saturated heterocycles. The number of halogens is 1. The zero-order valence-electron chi connectivity index (χ0n) is 11.9. The number of hydrogen-bond acceptors (Lipinski definition) is 3. The molecule has 1 atom stereocenters. The van der Waals surface area contributed by atoms with Gasteiger partial charge in [0.25, 0.3) is 0 Å². The molecule has 0 unspecified atom stereocenters. The Balaban J connectivity index is 1.96. The van der Waals surface area contributed by atoms with Crippen molar-refractivity contribution < 1.29 is 13.2 Å². The molecule has 1 heterocycles. The average Bonchev–Trinajstić information content (AvgIpc) is 2.93. The highest BCUT2D eigenvalue weighted by molar-refractivity contribution is 7.88. The lowest BCUT2D eigenvalue weighted by Crippen LogP contribution is -2.46. The fourth-order valence-corrected chi connectivity index (χ4v) is 3.85. The van der Waals surface area contributed by atoms with Crippen molar-refractivity contribution in [3.05, 3.63) is 34.9 Å². The van der Waals surface area contributed by atoms with E-state index in [0.717, 1.165) is 12.8 Å². The quantitative estimate of drug-likeness (QED) is 0.894. The summed E-state index contributed by atoms with van der Waals surface area (Å²) in [5, 5.41) is 0.557. The molecule has 0 radical (unpaired) electrons. The molecular weight excluding hydrogens is 312 g/mol. The topological polar surface area (TPSA) is 66.5 Å². The van der Waals surface area contributed by atoms with Crippen LogP contribution in [-0.4, -0.2) is 38.4 Å². The summed E-state index contributed by atoms with van der Waals surface area (Å²) in [7, 11) is -3.56. The SMILES string of the molecule is C[C@@H](NS(=O)(=O)Cc1ccc(Cl)cc1)C(=O)N1CCCC1.